The average molecular weight is 319 g/mol. The van der Waals surface area contributed by atoms with Gasteiger partial charge in [-0.25, -0.2) is 15.0 Å². The van der Waals surface area contributed by atoms with Crippen LogP contribution in [0.5, 0.6) is 0 Å². The predicted molar refractivity (Wildman–Crippen MR) is 89.8 cm³/mol. The molecule has 116 valence electrons. The fraction of sp³-hybridized carbons (Fsp3) is 0.400. The molecule has 0 saturated carbocycles. The number of nitrogens with zero attached hydrogens (tertiary/aromatic N) is 5. The molecule has 0 radical (unpaired) electrons. The molecule has 7 heteroatoms. The summed E-state index contributed by atoms with van der Waals surface area (Å²) >= 11 is 5.88. The standard InChI is InChI=1S/C15H19ClN6/c1-21(2)15-7-13(18-10-19-15)20-12-5-6-22(9-12)14-4-3-11(16)8-17-14/h3-4,7-8,10,12H,5-6,9H2,1-2H3,(H,18,19,20). The third kappa shape index (κ3) is 3.39. The summed E-state index contributed by atoms with van der Waals surface area (Å²) in [4.78, 5) is 17.1. The van der Waals surface area contributed by atoms with E-state index in [1.165, 1.54) is 0 Å². The minimum atomic E-state index is 0.349. The molecule has 0 aromatic carbocycles. The Bertz CT molecular complexity index is 630. The van der Waals surface area contributed by atoms with Gasteiger partial charge in [-0.15, -0.1) is 0 Å². The van der Waals surface area contributed by atoms with Gasteiger partial charge in [0.2, 0.25) is 0 Å². The van der Waals surface area contributed by atoms with E-state index in [1.54, 1.807) is 12.5 Å². The Morgan fingerprint density at radius 2 is 2.14 bits per heavy atom. The van der Waals surface area contributed by atoms with Crippen molar-refractivity contribution in [3.05, 3.63) is 35.7 Å². The van der Waals surface area contributed by atoms with Crippen LogP contribution in [0.1, 0.15) is 6.42 Å². The van der Waals surface area contributed by atoms with Crippen LogP contribution in [0.2, 0.25) is 5.02 Å². The summed E-state index contributed by atoms with van der Waals surface area (Å²) in [6.07, 6.45) is 4.32. The fourth-order valence-corrected chi connectivity index (χ4v) is 2.63. The summed E-state index contributed by atoms with van der Waals surface area (Å²) in [5.41, 5.74) is 0. The molecule has 0 amide bonds. The normalized spacial score (nSPS) is 17.6. The molecule has 1 unspecified atom stereocenters. The lowest BCUT2D eigenvalue weighted by Gasteiger charge is -2.18. The Morgan fingerprint density at radius 3 is 2.86 bits per heavy atom. The molecular formula is C15H19ClN6. The maximum atomic E-state index is 5.88. The zero-order valence-corrected chi connectivity index (χ0v) is 13.5. The van der Waals surface area contributed by atoms with E-state index >= 15 is 0 Å². The largest absolute Gasteiger partial charge is 0.365 e. The minimum absolute atomic E-state index is 0.349. The Hall–Kier alpha value is -2.08. The van der Waals surface area contributed by atoms with Crippen molar-refractivity contribution < 1.29 is 0 Å². The monoisotopic (exact) mass is 318 g/mol. The van der Waals surface area contributed by atoms with Crippen molar-refractivity contribution in [2.24, 2.45) is 0 Å². The molecule has 1 fully saturated rings. The van der Waals surface area contributed by atoms with E-state index in [4.69, 9.17) is 11.6 Å². The lowest BCUT2D eigenvalue weighted by Crippen LogP contribution is -2.27. The summed E-state index contributed by atoms with van der Waals surface area (Å²) in [7, 11) is 3.94. The lowest BCUT2D eigenvalue weighted by molar-refractivity contribution is 0.798. The first-order valence-corrected chi connectivity index (χ1v) is 7.62. The van der Waals surface area contributed by atoms with E-state index in [9.17, 15) is 0 Å². The molecule has 2 aromatic heterocycles. The highest BCUT2D eigenvalue weighted by Crippen LogP contribution is 2.22. The zero-order valence-electron chi connectivity index (χ0n) is 12.7. The van der Waals surface area contributed by atoms with E-state index in [1.807, 2.05) is 37.2 Å². The van der Waals surface area contributed by atoms with Crippen LogP contribution in [0.15, 0.2) is 30.7 Å². The van der Waals surface area contributed by atoms with Crippen molar-refractivity contribution in [3.63, 3.8) is 0 Å². The Morgan fingerprint density at radius 1 is 1.27 bits per heavy atom. The molecule has 0 spiro atoms. The van der Waals surface area contributed by atoms with Gasteiger partial charge in [-0.3, -0.25) is 0 Å². The van der Waals surface area contributed by atoms with Gasteiger partial charge in [0.25, 0.3) is 0 Å². The van der Waals surface area contributed by atoms with E-state index < -0.39 is 0 Å². The first-order chi connectivity index (χ1) is 10.6. The molecule has 3 rings (SSSR count). The van der Waals surface area contributed by atoms with Crippen LogP contribution in [0, 0.1) is 0 Å². The predicted octanol–water partition coefficient (Wildman–Crippen LogP) is 2.28. The van der Waals surface area contributed by atoms with Gasteiger partial charge in [-0.1, -0.05) is 11.6 Å². The Kier molecular flexibility index (Phi) is 4.29. The first-order valence-electron chi connectivity index (χ1n) is 7.24. The second-order valence-corrected chi connectivity index (χ2v) is 6.00. The van der Waals surface area contributed by atoms with Crippen molar-refractivity contribution in [1.29, 1.82) is 0 Å². The summed E-state index contributed by atoms with van der Waals surface area (Å²) in [5, 5.41) is 4.14. The van der Waals surface area contributed by atoms with Crippen molar-refractivity contribution in [3.8, 4) is 0 Å². The molecule has 2 aromatic rings. The van der Waals surface area contributed by atoms with E-state index in [2.05, 4.69) is 25.2 Å². The summed E-state index contributed by atoms with van der Waals surface area (Å²) in [6.45, 7) is 1.87. The lowest BCUT2D eigenvalue weighted by atomic mass is 10.2. The number of hydrogen-bond acceptors (Lipinski definition) is 6. The van der Waals surface area contributed by atoms with Crippen LogP contribution in [0.4, 0.5) is 17.5 Å². The smallest absolute Gasteiger partial charge is 0.133 e. The molecule has 1 aliphatic heterocycles. The van der Waals surface area contributed by atoms with Gasteiger partial charge in [-0.05, 0) is 18.6 Å². The highest BCUT2D eigenvalue weighted by molar-refractivity contribution is 6.30. The Balaban J connectivity index is 1.63. The summed E-state index contributed by atoms with van der Waals surface area (Å²) in [5.74, 6) is 2.71. The quantitative estimate of drug-likeness (QED) is 0.933. The second kappa shape index (κ2) is 6.36. The van der Waals surface area contributed by atoms with Crippen LogP contribution in [0.3, 0.4) is 0 Å². The molecule has 1 N–H and O–H groups in total. The van der Waals surface area contributed by atoms with E-state index in [-0.39, 0.29) is 0 Å². The molecule has 22 heavy (non-hydrogen) atoms. The number of rotatable bonds is 4. The van der Waals surface area contributed by atoms with E-state index in [0.717, 1.165) is 37.0 Å². The maximum absolute atomic E-state index is 5.88. The minimum Gasteiger partial charge on any atom is -0.365 e. The second-order valence-electron chi connectivity index (χ2n) is 5.57. The zero-order chi connectivity index (χ0) is 15.5. The summed E-state index contributed by atoms with van der Waals surface area (Å²) < 4.78 is 0. The van der Waals surface area contributed by atoms with Gasteiger partial charge in [0.15, 0.2) is 0 Å². The van der Waals surface area contributed by atoms with E-state index in [0.29, 0.717) is 11.1 Å². The van der Waals surface area contributed by atoms with Gasteiger partial charge in [0, 0.05) is 45.5 Å². The van der Waals surface area contributed by atoms with Crippen molar-refractivity contribution >= 4 is 29.1 Å². The number of anilines is 3. The molecule has 1 saturated heterocycles. The Labute approximate surface area is 135 Å². The average Bonchev–Trinajstić information content (AvgIpc) is 2.96. The van der Waals surface area contributed by atoms with Crippen molar-refractivity contribution in [2.75, 3.05) is 42.3 Å². The third-order valence-corrected chi connectivity index (χ3v) is 3.91. The number of pyridine rings is 1. The SMILES string of the molecule is CN(C)c1cc(NC2CCN(c3ccc(Cl)cn3)C2)ncn1. The third-order valence-electron chi connectivity index (χ3n) is 3.69. The van der Waals surface area contributed by atoms with Crippen molar-refractivity contribution in [1.82, 2.24) is 15.0 Å². The number of halogens is 1. The molecule has 3 heterocycles. The van der Waals surface area contributed by atoms with Crippen LogP contribution < -0.4 is 15.1 Å². The van der Waals surface area contributed by atoms with Crippen molar-refractivity contribution in [2.45, 2.75) is 12.5 Å². The molecule has 6 nitrogen and oxygen atoms in total. The van der Waals surface area contributed by atoms with Gasteiger partial charge in [0.1, 0.15) is 23.8 Å². The number of hydrogen-bond donors (Lipinski definition) is 1. The topological polar surface area (TPSA) is 57.2 Å². The molecule has 0 aliphatic carbocycles. The van der Waals surface area contributed by atoms with Crippen LogP contribution in [-0.2, 0) is 0 Å². The maximum Gasteiger partial charge on any atom is 0.133 e. The highest BCUT2D eigenvalue weighted by Gasteiger charge is 2.23. The molecule has 1 aliphatic rings. The number of aromatic nitrogens is 3. The molecule has 1 atom stereocenters. The van der Waals surface area contributed by atoms with Gasteiger partial charge in [-0.2, -0.15) is 0 Å². The fourth-order valence-electron chi connectivity index (χ4n) is 2.52. The van der Waals surface area contributed by atoms with Crippen LogP contribution >= 0.6 is 11.6 Å². The molecular weight excluding hydrogens is 300 g/mol. The van der Waals surface area contributed by atoms with Crippen LogP contribution in [-0.4, -0.2) is 48.2 Å². The highest BCUT2D eigenvalue weighted by atomic mass is 35.5. The van der Waals surface area contributed by atoms with Crippen LogP contribution in [0.25, 0.3) is 0 Å². The molecule has 0 bridgehead atoms. The summed E-state index contributed by atoms with van der Waals surface area (Å²) in [6, 6.07) is 6.14. The van der Waals surface area contributed by atoms with Gasteiger partial charge >= 0.3 is 0 Å². The van der Waals surface area contributed by atoms with Gasteiger partial charge in [0.05, 0.1) is 5.02 Å². The van der Waals surface area contributed by atoms with Gasteiger partial charge < -0.3 is 15.1 Å². The first kappa shape index (κ1) is 14.8. The number of nitrogens with one attached hydrogen (secondary N) is 1.